The minimum Gasteiger partial charge on any atom is -0.354 e. The van der Waals surface area contributed by atoms with Gasteiger partial charge in [-0.3, -0.25) is 4.90 Å². The Morgan fingerprint density at radius 1 is 1.35 bits per heavy atom. The zero-order valence-electron chi connectivity index (χ0n) is 11.3. The number of rotatable bonds is 2. The summed E-state index contributed by atoms with van der Waals surface area (Å²) < 4.78 is 0.857. The van der Waals surface area contributed by atoms with Crippen LogP contribution < -0.4 is 10.2 Å². The Hall–Kier alpha value is -1.16. The number of nitriles is 1. The van der Waals surface area contributed by atoms with E-state index in [9.17, 15) is 5.26 Å². The predicted molar refractivity (Wildman–Crippen MR) is 81.7 cm³/mol. The van der Waals surface area contributed by atoms with Crippen LogP contribution >= 0.6 is 15.9 Å². The number of aromatic nitrogens is 1. The SMILES string of the molecule is N#Cc1cc(Br)cnc1N1CCC(N2CCNCC2)C1. The highest BCUT2D eigenvalue weighted by Gasteiger charge is 2.30. The molecule has 2 aliphatic heterocycles. The largest absolute Gasteiger partial charge is 0.354 e. The zero-order valence-corrected chi connectivity index (χ0v) is 12.9. The lowest BCUT2D eigenvalue weighted by atomic mass is 10.2. The molecule has 3 heterocycles. The average Bonchev–Trinajstić information content (AvgIpc) is 2.97. The van der Waals surface area contributed by atoms with Gasteiger partial charge in [0, 0.05) is 56.0 Å². The van der Waals surface area contributed by atoms with Crippen molar-refractivity contribution in [1.29, 1.82) is 5.26 Å². The summed E-state index contributed by atoms with van der Waals surface area (Å²) in [5.74, 6) is 0.827. The Balaban J connectivity index is 1.72. The smallest absolute Gasteiger partial charge is 0.146 e. The van der Waals surface area contributed by atoms with E-state index in [4.69, 9.17) is 0 Å². The van der Waals surface area contributed by atoms with Gasteiger partial charge in [0.25, 0.3) is 0 Å². The molecule has 2 saturated heterocycles. The molecule has 0 amide bonds. The van der Waals surface area contributed by atoms with Gasteiger partial charge in [-0.15, -0.1) is 0 Å². The maximum absolute atomic E-state index is 9.26. The fraction of sp³-hybridized carbons (Fsp3) is 0.571. The fourth-order valence-electron chi connectivity index (χ4n) is 3.05. The first-order chi connectivity index (χ1) is 9.78. The van der Waals surface area contributed by atoms with Gasteiger partial charge < -0.3 is 10.2 Å². The summed E-state index contributed by atoms with van der Waals surface area (Å²) in [6, 6.07) is 4.69. The Bertz CT molecular complexity index is 521. The Morgan fingerprint density at radius 3 is 2.90 bits per heavy atom. The van der Waals surface area contributed by atoms with E-state index >= 15 is 0 Å². The lowest BCUT2D eigenvalue weighted by Gasteiger charge is -2.32. The average molecular weight is 336 g/mol. The van der Waals surface area contributed by atoms with E-state index < -0.39 is 0 Å². The van der Waals surface area contributed by atoms with Gasteiger partial charge in [-0.2, -0.15) is 5.26 Å². The number of halogens is 1. The molecular formula is C14H18BrN5. The third-order valence-corrected chi connectivity index (χ3v) is 4.52. The number of hydrogen-bond acceptors (Lipinski definition) is 5. The van der Waals surface area contributed by atoms with E-state index in [0.29, 0.717) is 11.6 Å². The molecule has 1 N–H and O–H groups in total. The van der Waals surface area contributed by atoms with Gasteiger partial charge in [0.1, 0.15) is 11.9 Å². The first kappa shape index (κ1) is 13.8. The summed E-state index contributed by atoms with van der Waals surface area (Å²) in [5, 5.41) is 12.7. The van der Waals surface area contributed by atoms with Crippen molar-refractivity contribution in [1.82, 2.24) is 15.2 Å². The number of piperazine rings is 1. The Morgan fingerprint density at radius 2 is 2.15 bits per heavy atom. The molecular weight excluding hydrogens is 318 g/mol. The van der Waals surface area contributed by atoms with Crippen molar-refractivity contribution in [2.75, 3.05) is 44.2 Å². The minimum absolute atomic E-state index is 0.592. The van der Waals surface area contributed by atoms with Crippen molar-refractivity contribution >= 4 is 21.7 Å². The van der Waals surface area contributed by atoms with E-state index in [2.05, 4.69) is 42.1 Å². The lowest BCUT2D eigenvalue weighted by Crippen LogP contribution is -2.49. The number of nitrogens with one attached hydrogen (secondary N) is 1. The predicted octanol–water partition coefficient (Wildman–Crippen LogP) is 1.20. The van der Waals surface area contributed by atoms with E-state index in [0.717, 1.165) is 56.0 Å². The topological polar surface area (TPSA) is 55.2 Å². The third kappa shape index (κ3) is 2.80. The number of nitrogens with zero attached hydrogens (tertiary/aromatic N) is 4. The molecule has 1 aromatic rings. The number of hydrogen-bond donors (Lipinski definition) is 1. The molecule has 20 heavy (non-hydrogen) atoms. The molecule has 6 heteroatoms. The molecule has 0 radical (unpaired) electrons. The number of anilines is 1. The van der Waals surface area contributed by atoms with Crippen molar-refractivity contribution in [3.05, 3.63) is 22.3 Å². The summed E-state index contributed by atoms with van der Waals surface area (Å²) in [5.41, 5.74) is 0.653. The zero-order chi connectivity index (χ0) is 13.9. The van der Waals surface area contributed by atoms with Crippen LogP contribution in [-0.4, -0.2) is 55.2 Å². The monoisotopic (exact) mass is 335 g/mol. The highest BCUT2D eigenvalue weighted by atomic mass is 79.9. The van der Waals surface area contributed by atoms with Gasteiger partial charge in [0.05, 0.1) is 5.56 Å². The second kappa shape index (κ2) is 6.08. The van der Waals surface area contributed by atoms with Crippen LogP contribution in [0, 0.1) is 11.3 Å². The number of pyridine rings is 1. The van der Waals surface area contributed by atoms with Crippen LogP contribution in [0.5, 0.6) is 0 Å². The second-order valence-corrected chi connectivity index (χ2v) is 6.23. The molecule has 0 aromatic carbocycles. The van der Waals surface area contributed by atoms with Gasteiger partial charge >= 0.3 is 0 Å². The summed E-state index contributed by atoms with van der Waals surface area (Å²) in [6.07, 6.45) is 2.93. The van der Waals surface area contributed by atoms with Gasteiger partial charge in [-0.1, -0.05) is 0 Å². The second-order valence-electron chi connectivity index (χ2n) is 5.31. The van der Waals surface area contributed by atoms with Crippen LogP contribution in [0.2, 0.25) is 0 Å². The minimum atomic E-state index is 0.592. The molecule has 0 spiro atoms. The Labute approximate surface area is 127 Å². The Kier molecular flexibility index (Phi) is 4.20. The van der Waals surface area contributed by atoms with Crippen molar-refractivity contribution < 1.29 is 0 Å². The highest BCUT2D eigenvalue weighted by molar-refractivity contribution is 9.10. The summed E-state index contributed by atoms with van der Waals surface area (Å²) in [7, 11) is 0. The van der Waals surface area contributed by atoms with E-state index in [1.807, 2.05) is 6.07 Å². The van der Waals surface area contributed by atoms with Crippen molar-refractivity contribution in [3.63, 3.8) is 0 Å². The van der Waals surface area contributed by atoms with Crippen LogP contribution in [0.3, 0.4) is 0 Å². The molecule has 0 aliphatic carbocycles. The van der Waals surface area contributed by atoms with Gasteiger partial charge in [0.2, 0.25) is 0 Å². The van der Waals surface area contributed by atoms with Crippen molar-refractivity contribution in [2.45, 2.75) is 12.5 Å². The molecule has 106 valence electrons. The molecule has 0 bridgehead atoms. The molecule has 2 fully saturated rings. The molecule has 1 unspecified atom stereocenters. The molecule has 1 atom stereocenters. The summed E-state index contributed by atoms with van der Waals surface area (Å²) in [6.45, 7) is 6.36. The highest BCUT2D eigenvalue weighted by Crippen LogP contribution is 2.26. The van der Waals surface area contributed by atoms with Crippen LogP contribution in [0.15, 0.2) is 16.7 Å². The van der Waals surface area contributed by atoms with Gasteiger partial charge in [0.15, 0.2) is 0 Å². The standard InChI is InChI=1S/C14H18BrN5/c15-12-7-11(8-16)14(18-9-12)20-4-1-13(10-20)19-5-2-17-3-6-19/h7,9,13,17H,1-6,10H2. The summed E-state index contributed by atoms with van der Waals surface area (Å²) in [4.78, 5) is 9.24. The van der Waals surface area contributed by atoms with E-state index in [-0.39, 0.29) is 0 Å². The van der Waals surface area contributed by atoms with Crippen molar-refractivity contribution in [3.8, 4) is 6.07 Å². The van der Waals surface area contributed by atoms with Crippen LogP contribution in [0.25, 0.3) is 0 Å². The molecule has 2 aliphatic rings. The summed E-state index contributed by atoms with van der Waals surface area (Å²) >= 11 is 3.37. The van der Waals surface area contributed by atoms with Gasteiger partial charge in [-0.25, -0.2) is 4.98 Å². The molecule has 3 rings (SSSR count). The van der Waals surface area contributed by atoms with E-state index in [1.54, 1.807) is 6.20 Å². The van der Waals surface area contributed by atoms with Crippen LogP contribution in [0.1, 0.15) is 12.0 Å². The van der Waals surface area contributed by atoms with Crippen LogP contribution in [-0.2, 0) is 0 Å². The molecule has 0 saturated carbocycles. The maximum Gasteiger partial charge on any atom is 0.146 e. The first-order valence-electron chi connectivity index (χ1n) is 7.03. The van der Waals surface area contributed by atoms with Crippen LogP contribution in [0.4, 0.5) is 5.82 Å². The normalized spacial score (nSPS) is 23.8. The fourth-order valence-corrected chi connectivity index (χ4v) is 3.38. The van der Waals surface area contributed by atoms with E-state index in [1.165, 1.54) is 0 Å². The third-order valence-electron chi connectivity index (χ3n) is 4.08. The van der Waals surface area contributed by atoms with Crippen molar-refractivity contribution in [2.24, 2.45) is 0 Å². The maximum atomic E-state index is 9.26. The van der Waals surface area contributed by atoms with Gasteiger partial charge in [-0.05, 0) is 28.4 Å². The first-order valence-corrected chi connectivity index (χ1v) is 7.82. The quantitative estimate of drug-likeness (QED) is 0.880. The molecule has 1 aromatic heterocycles. The molecule has 5 nitrogen and oxygen atoms in total. The lowest BCUT2D eigenvalue weighted by molar-refractivity contribution is 0.185.